The zero-order chi connectivity index (χ0) is 20.8. The molecule has 0 unspecified atom stereocenters. The Morgan fingerprint density at radius 1 is 1.10 bits per heavy atom. The number of aryl methyl sites for hydroxylation is 1. The van der Waals surface area contributed by atoms with Crippen molar-refractivity contribution in [3.05, 3.63) is 83.3 Å². The normalized spacial score (nSPS) is 16.4. The number of para-hydroxylation sites is 1. The van der Waals surface area contributed by atoms with E-state index in [9.17, 15) is 0 Å². The van der Waals surface area contributed by atoms with E-state index in [-0.39, 0.29) is 0 Å². The van der Waals surface area contributed by atoms with Crippen molar-refractivity contribution < 1.29 is 4.42 Å². The Morgan fingerprint density at radius 3 is 2.74 bits per heavy atom. The summed E-state index contributed by atoms with van der Waals surface area (Å²) >= 11 is 0. The lowest BCUT2D eigenvalue weighted by atomic mass is 10.1. The summed E-state index contributed by atoms with van der Waals surface area (Å²) in [7, 11) is 0. The maximum absolute atomic E-state index is 5.93. The Balaban J connectivity index is 1.29. The molecule has 1 aromatic carbocycles. The van der Waals surface area contributed by atoms with Crippen LogP contribution in [0.15, 0.2) is 59.3 Å². The minimum Gasteiger partial charge on any atom is -0.460 e. The lowest BCUT2D eigenvalue weighted by Crippen LogP contribution is -2.31. The second kappa shape index (κ2) is 7.46. The van der Waals surface area contributed by atoms with Gasteiger partial charge in [-0.1, -0.05) is 18.2 Å². The maximum Gasteiger partial charge on any atom is 0.154 e. The van der Waals surface area contributed by atoms with Crippen molar-refractivity contribution in [1.29, 1.82) is 0 Å². The first kappa shape index (κ1) is 18.5. The van der Waals surface area contributed by atoms with Gasteiger partial charge >= 0.3 is 0 Å². The van der Waals surface area contributed by atoms with Crippen molar-refractivity contribution >= 4 is 0 Å². The Morgan fingerprint density at radius 2 is 1.97 bits per heavy atom. The van der Waals surface area contributed by atoms with Crippen molar-refractivity contribution in [2.45, 2.75) is 45.2 Å². The Bertz CT molecular complexity index is 1220. The number of nitrogens with zero attached hydrogens (tertiary/aromatic N) is 5. The maximum atomic E-state index is 5.93. The number of hydrogen-bond donors (Lipinski definition) is 0. The zero-order valence-corrected chi connectivity index (χ0v) is 17.7. The topological polar surface area (TPSA) is 60.0 Å². The van der Waals surface area contributed by atoms with Crippen LogP contribution >= 0.6 is 0 Å². The smallest absolute Gasteiger partial charge is 0.154 e. The number of benzene rings is 1. The Kier molecular flexibility index (Phi) is 4.46. The van der Waals surface area contributed by atoms with E-state index in [0.717, 1.165) is 60.3 Å². The molecule has 4 aromatic rings. The van der Waals surface area contributed by atoms with Crippen LogP contribution in [-0.2, 0) is 19.5 Å². The molecule has 6 nitrogen and oxygen atoms in total. The lowest BCUT2D eigenvalue weighted by Gasteiger charge is -2.27. The van der Waals surface area contributed by atoms with Crippen LogP contribution in [-0.4, -0.2) is 31.2 Å². The largest absolute Gasteiger partial charge is 0.460 e. The van der Waals surface area contributed by atoms with Crippen LogP contribution in [0.5, 0.6) is 0 Å². The summed E-state index contributed by atoms with van der Waals surface area (Å²) in [4.78, 5) is 11.9. The molecule has 1 fully saturated rings. The molecule has 0 bridgehead atoms. The van der Waals surface area contributed by atoms with Gasteiger partial charge in [0.05, 0.1) is 5.69 Å². The molecule has 0 radical (unpaired) electrons. The number of fused-ring (bicyclic) bond motifs is 1. The molecule has 4 heterocycles. The van der Waals surface area contributed by atoms with Gasteiger partial charge in [0.25, 0.3) is 0 Å². The highest BCUT2D eigenvalue weighted by Gasteiger charge is 2.28. The molecule has 1 aliphatic heterocycles. The minimum absolute atomic E-state index is 0.603. The molecule has 0 amide bonds. The van der Waals surface area contributed by atoms with Crippen LogP contribution in [0.25, 0.3) is 17.1 Å². The van der Waals surface area contributed by atoms with Gasteiger partial charge in [0.15, 0.2) is 5.76 Å². The summed E-state index contributed by atoms with van der Waals surface area (Å²) in [5.41, 5.74) is 5.60. The first-order chi connectivity index (χ1) is 15.2. The fraction of sp³-hybridized carbons (Fsp3) is 0.320. The molecule has 6 heteroatoms. The van der Waals surface area contributed by atoms with Crippen molar-refractivity contribution in [2.24, 2.45) is 0 Å². The molecule has 1 aliphatic carbocycles. The van der Waals surface area contributed by atoms with Crippen molar-refractivity contribution in [3.8, 4) is 17.1 Å². The third-order valence-electron chi connectivity index (χ3n) is 6.15. The molecule has 0 atom stereocenters. The summed E-state index contributed by atoms with van der Waals surface area (Å²) in [6.07, 6.45) is 7.63. The van der Waals surface area contributed by atoms with E-state index < -0.39 is 0 Å². The monoisotopic (exact) mass is 411 g/mol. The third kappa shape index (κ3) is 3.68. The van der Waals surface area contributed by atoms with Crippen LogP contribution in [0.2, 0.25) is 0 Å². The number of hydrogen-bond acceptors (Lipinski definition) is 5. The second-order valence-corrected chi connectivity index (χ2v) is 8.63. The average molecular weight is 412 g/mol. The highest BCUT2D eigenvalue weighted by molar-refractivity contribution is 5.58. The molecule has 0 spiro atoms. The third-order valence-corrected chi connectivity index (χ3v) is 6.15. The van der Waals surface area contributed by atoms with Gasteiger partial charge in [-0.05, 0) is 44.0 Å². The van der Waals surface area contributed by atoms with Crippen molar-refractivity contribution in [1.82, 2.24) is 24.6 Å². The summed E-state index contributed by atoms with van der Waals surface area (Å²) in [6, 6.07) is 14.2. The molecular formula is C25H25N5O. The highest BCUT2D eigenvalue weighted by atomic mass is 16.3. The first-order valence-corrected chi connectivity index (χ1v) is 11.0. The lowest BCUT2D eigenvalue weighted by molar-refractivity contribution is 0.242. The van der Waals surface area contributed by atoms with E-state index >= 15 is 0 Å². The number of rotatable bonds is 5. The van der Waals surface area contributed by atoms with Gasteiger partial charge in [0, 0.05) is 61.2 Å². The molecule has 0 N–H and O–H groups in total. The molecular weight excluding hydrogens is 386 g/mol. The van der Waals surface area contributed by atoms with Gasteiger partial charge in [-0.3, -0.25) is 4.90 Å². The number of furan rings is 1. The Hall–Kier alpha value is -3.25. The van der Waals surface area contributed by atoms with Crippen molar-refractivity contribution in [2.75, 3.05) is 6.54 Å². The zero-order valence-electron chi connectivity index (χ0n) is 17.7. The number of aromatic nitrogens is 4. The van der Waals surface area contributed by atoms with Gasteiger partial charge < -0.3 is 4.42 Å². The molecule has 156 valence electrons. The van der Waals surface area contributed by atoms with E-state index in [1.54, 1.807) is 0 Å². The summed E-state index contributed by atoms with van der Waals surface area (Å²) in [5.74, 6) is 3.36. The van der Waals surface area contributed by atoms with Crippen molar-refractivity contribution in [3.63, 3.8) is 0 Å². The fourth-order valence-electron chi connectivity index (χ4n) is 4.31. The quantitative estimate of drug-likeness (QED) is 0.478. The van der Waals surface area contributed by atoms with Crippen LogP contribution in [0, 0.1) is 6.92 Å². The van der Waals surface area contributed by atoms with E-state index in [4.69, 9.17) is 14.5 Å². The van der Waals surface area contributed by atoms with Gasteiger partial charge in [-0.2, -0.15) is 5.10 Å². The minimum atomic E-state index is 0.603. The predicted molar refractivity (Wildman–Crippen MR) is 118 cm³/mol. The molecule has 3 aromatic heterocycles. The summed E-state index contributed by atoms with van der Waals surface area (Å²) in [5, 5.41) is 4.88. The van der Waals surface area contributed by atoms with Gasteiger partial charge in [0.1, 0.15) is 17.3 Å². The van der Waals surface area contributed by atoms with E-state index in [2.05, 4.69) is 28.2 Å². The van der Waals surface area contributed by atoms with E-state index in [0.29, 0.717) is 5.92 Å². The molecule has 0 saturated heterocycles. The molecule has 1 saturated carbocycles. The van der Waals surface area contributed by atoms with Crippen LogP contribution in [0.4, 0.5) is 0 Å². The molecule has 2 aliphatic rings. The van der Waals surface area contributed by atoms with Crippen LogP contribution in [0.3, 0.4) is 0 Å². The fourth-order valence-corrected chi connectivity index (χ4v) is 4.31. The summed E-state index contributed by atoms with van der Waals surface area (Å²) in [6.45, 7) is 4.63. The van der Waals surface area contributed by atoms with Gasteiger partial charge in [0.2, 0.25) is 0 Å². The second-order valence-electron chi connectivity index (χ2n) is 8.63. The highest BCUT2D eigenvalue weighted by Crippen LogP contribution is 2.38. The van der Waals surface area contributed by atoms with E-state index in [1.165, 1.54) is 24.1 Å². The molecule has 31 heavy (non-hydrogen) atoms. The van der Waals surface area contributed by atoms with E-state index in [1.807, 2.05) is 48.1 Å². The SMILES string of the molecule is Cc1ccc(-c2nn(-c3ccccc3)cc2CN2CCc3nc(C4CC4)ncc3C2)o1. The van der Waals surface area contributed by atoms with Gasteiger partial charge in [-0.15, -0.1) is 0 Å². The average Bonchev–Trinajstić information content (AvgIpc) is 3.44. The van der Waals surface area contributed by atoms with Gasteiger partial charge in [-0.25, -0.2) is 14.6 Å². The first-order valence-electron chi connectivity index (χ1n) is 11.0. The van der Waals surface area contributed by atoms with Crippen LogP contribution in [0.1, 0.15) is 47.2 Å². The summed E-state index contributed by atoms with van der Waals surface area (Å²) < 4.78 is 7.88. The molecule has 6 rings (SSSR count). The standard InChI is InChI=1S/C25H25N5O/c1-17-7-10-23(31-17)24-20(16-30(28-24)21-5-3-2-4-6-21)15-29-12-11-22-19(14-29)13-26-25(27-22)18-8-9-18/h2-7,10,13,16,18H,8-9,11-12,14-15H2,1H3. The van der Waals surface area contributed by atoms with Crippen LogP contribution < -0.4 is 0 Å². The predicted octanol–water partition coefficient (Wildman–Crippen LogP) is 4.67. The Labute approximate surface area is 181 Å².